The highest BCUT2D eigenvalue weighted by atomic mass is 16.5. The number of carbonyl (C=O) groups is 6. The van der Waals surface area contributed by atoms with E-state index in [1.165, 1.54) is 14.2 Å². The van der Waals surface area contributed by atoms with Gasteiger partial charge in [0.1, 0.15) is 36.9 Å². The third-order valence-electron chi connectivity index (χ3n) is 13.7. The number of nitrogens with one attached hydrogen (secondary N) is 4. The summed E-state index contributed by atoms with van der Waals surface area (Å²) >= 11 is 0. The molecule has 2 aromatic heterocycles. The number of hydrogen-bond donors (Lipinski definition) is 4. The first-order chi connectivity index (χ1) is 35.0. The molecule has 2 aliphatic heterocycles. The van der Waals surface area contributed by atoms with E-state index in [1.807, 2.05) is 109 Å². The summed E-state index contributed by atoms with van der Waals surface area (Å²) in [4.78, 5) is 98.6. The molecule has 4 amide bonds. The molecule has 1 saturated carbocycles. The second kappa shape index (κ2) is 22.2. The van der Waals surface area contributed by atoms with E-state index in [0.29, 0.717) is 31.0 Å². The molecule has 372 valence electrons. The fourth-order valence-corrected chi connectivity index (χ4v) is 10.1. The highest BCUT2D eigenvalue weighted by Gasteiger charge is 2.51. The van der Waals surface area contributed by atoms with Gasteiger partial charge in [0.05, 0.1) is 62.9 Å². The van der Waals surface area contributed by atoms with Crippen molar-refractivity contribution in [3.63, 3.8) is 0 Å². The number of alkyl carbamates (subject to hydrolysis) is 2. The Hall–Kier alpha value is -8.28. The molecule has 0 radical (unpaired) electrons. The van der Waals surface area contributed by atoms with E-state index < -0.39 is 48.2 Å². The van der Waals surface area contributed by atoms with Crippen LogP contribution in [0.2, 0.25) is 0 Å². The summed E-state index contributed by atoms with van der Waals surface area (Å²) in [6.45, 7) is 0.502. The van der Waals surface area contributed by atoms with Crippen molar-refractivity contribution in [2.45, 2.75) is 88.4 Å². The second-order valence-electron chi connectivity index (χ2n) is 18.2. The number of ether oxygens (including phenoxy) is 4. The molecule has 4 aromatic carbocycles. The van der Waals surface area contributed by atoms with Gasteiger partial charge in [-0.15, -0.1) is 0 Å². The van der Waals surface area contributed by atoms with E-state index in [9.17, 15) is 28.8 Å². The number of H-pyrrole nitrogens is 2. The number of fused-ring (bicyclic) bond motifs is 2. The predicted octanol–water partition coefficient (Wildman–Crippen LogP) is 7.57. The molecule has 6 atom stereocenters. The van der Waals surface area contributed by atoms with Gasteiger partial charge in [-0.05, 0) is 71.4 Å². The number of rotatable bonds is 17. The van der Waals surface area contributed by atoms with Crippen molar-refractivity contribution < 1.29 is 47.7 Å². The van der Waals surface area contributed by atoms with E-state index >= 15 is 0 Å². The maximum atomic E-state index is 14.3. The Balaban J connectivity index is 0.833. The molecule has 2 saturated heterocycles. The number of imidazole rings is 2. The van der Waals surface area contributed by atoms with E-state index in [-0.39, 0.29) is 50.0 Å². The van der Waals surface area contributed by atoms with Crippen molar-refractivity contribution in [1.29, 1.82) is 0 Å². The summed E-state index contributed by atoms with van der Waals surface area (Å²) in [6.07, 6.45) is 5.01. The lowest BCUT2D eigenvalue weighted by Crippen LogP contribution is -2.52. The number of nitrogens with zero attached hydrogens (tertiary/aromatic N) is 4. The Labute approximate surface area is 415 Å². The summed E-state index contributed by atoms with van der Waals surface area (Å²) < 4.78 is 20.5. The minimum atomic E-state index is -1.20. The van der Waals surface area contributed by atoms with Crippen molar-refractivity contribution in [2.24, 2.45) is 5.92 Å². The van der Waals surface area contributed by atoms with Crippen LogP contribution in [0.1, 0.15) is 79.8 Å². The van der Waals surface area contributed by atoms with E-state index in [1.54, 1.807) is 22.2 Å². The molecule has 3 fully saturated rings. The minimum Gasteiger partial charge on any atom is -0.461 e. The van der Waals surface area contributed by atoms with Gasteiger partial charge < -0.3 is 49.3 Å². The van der Waals surface area contributed by atoms with Gasteiger partial charge in [-0.3, -0.25) is 19.2 Å². The first-order valence-corrected chi connectivity index (χ1v) is 24.1. The lowest BCUT2D eigenvalue weighted by molar-refractivity contribution is -0.149. The Kier molecular flexibility index (Phi) is 15.0. The SMILES string of the molecule is COC(=O)N[C@@H](CC(=O)OCc1ccccc1)C(=O)N1[C@H]2CC[C@@H](C2)[C@@H]1c1ncc(-c2ccc(-c3ccc(-c4cnc([C@@H]5CCCN5C(=O)[C@@H](CC(=O)OCc5ccccc5)NC(=O)OC)[nH]4)cc3)cc2)[nH]1. The van der Waals surface area contributed by atoms with Crippen LogP contribution >= 0.6 is 0 Å². The largest absolute Gasteiger partial charge is 0.461 e. The average molecular weight is 977 g/mol. The smallest absolute Gasteiger partial charge is 0.407 e. The Morgan fingerprint density at radius 3 is 1.62 bits per heavy atom. The van der Waals surface area contributed by atoms with Crippen molar-refractivity contribution in [3.05, 3.63) is 144 Å². The average Bonchev–Trinajstić information content (AvgIpc) is 4.29. The van der Waals surface area contributed by atoms with E-state index in [0.717, 1.165) is 64.0 Å². The Morgan fingerprint density at radius 1 is 0.611 bits per heavy atom. The number of aromatic nitrogens is 4. The summed E-state index contributed by atoms with van der Waals surface area (Å²) in [5.41, 5.74) is 6.93. The van der Waals surface area contributed by atoms with Gasteiger partial charge in [-0.25, -0.2) is 19.6 Å². The van der Waals surface area contributed by atoms with E-state index in [2.05, 4.69) is 25.6 Å². The topological polar surface area (TPSA) is 227 Å². The molecule has 72 heavy (non-hydrogen) atoms. The van der Waals surface area contributed by atoms with Gasteiger partial charge in [0.2, 0.25) is 11.8 Å². The maximum Gasteiger partial charge on any atom is 0.407 e. The van der Waals surface area contributed by atoms with Gasteiger partial charge in [-0.2, -0.15) is 0 Å². The van der Waals surface area contributed by atoms with Gasteiger partial charge in [0, 0.05) is 12.6 Å². The molecular weight excluding hydrogens is 921 g/mol. The molecule has 0 spiro atoms. The number of hydrogen-bond acceptors (Lipinski definition) is 12. The van der Waals surface area contributed by atoms with Gasteiger partial charge in [0.25, 0.3) is 0 Å². The molecule has 18 heteroatoms. The first-order valence-electron chi connectivity index (χ1n) is 24.1. The quantitative estimate of drug-likeness (QED) is 0.0513. The van der Waals surface area contributed by atoms with Crippen LogP contribution in [-0.4, -0.2) is 105 Å². The number of esters is 2. The Bertz CT molecular complexity index is 2870. The van der Waals surface area contributed by atoms with E-state index in [4.69, 9.17) is 23.9 Å². The van der Waals surface area contributed by atoms with Crippen LogP contribution in [0, 0.1) is 5.92 Å². The summed E-state index contributed by atoms with van der Waals surface area (Å²) in [5, 5.41) is 5.10. The molecule has 0 unspecified atom stereocenters. The van der Waals surface area contributed by atoms with Crippen LogP contribution < -0.4 is 10.6 Å². The lowest BCUT2D eigenvalue weighted by Gasteiger charge is -2.36. The summed E-state index contributed by atoms with van der Waals surface area (Å²) in [5.74, 6) is -0.684. The molecule has 18 nitrogen and oxygen atoms in total. The standard InChI is InChI=1S/C54H56N8O10/c1-69-53(67)59-41(27-46(63)71-31-33-10-5-3-6-11-33)51(65)61-25-9-14-45(61)49-55-29-43(57-49)37-19-15-35(16-20-37)36-17-21-38(22-18-36)44-30-56-50(58-44)48-39-23-24-40(26-39)62(48)52(66)42(60-54(68)70-2)28-47(64)72-32-34-12-7-4-8-13-34/h3-8,10-13,15-22,29-30,39-42,45,48H,9,14,23-28,31-32H2,1-2H3,(H,55,57)(H,56,58)(H,59,67)(H,60,68)/t39-,40-,41+,42-,45-,48+/m0/s1. The zero-order valence-electron chi connectivity index (χ0n) is 40.0. The number of carbonyl (C=O) groups excluding carboxylic acids is 6. The molecule has 3 aliphatic rings. The molecular formula is C54H56N8O10. The summed E-state index contributed by atoms with van der Waals surface area (Å²) in [6, 6.07) is 31.3. The zero-order valence-corrected chi connectivity index (χ0v) is 40.0. The predicted molar refractivity (Wildman–Crippen MR) is 262 cm³/mol. The fourth-order valence-electron chi connectivity index (χ4n) is 10.1. The van der Waals surface area contributed by atoms with Crippen molar-refractivity contribution in [2.75, 3.05) is 20.8 Å². The molecule has 4 heterocycles. The Morgan fingerprint density at radius 2 is 1.10 bits per heavy atom. The van der Waals surface area contributed by atoms with Crippen LogP contribution in [0.4, 0.5) is 9.59 Å². The van der Waals surface area contributed by atoms with Gasteiger partial charge >= 0.3 is 24.1 Å². The van der Waals surface area contributed by atoms with Crippen molar-refractivity contribution >= 4 is 35.9 Å². The second-order valence-corrected chi connectivity index (χ2v) is 18.2. The maximum absolute atomic E-state index is 14.3. The van der Waals surface area contributed by atoms with Crippen LogP contribution in [0.25, 0.3) is 33.6 Å². The lowest BCUT2D eigenvalue weighted by atomic mass is 9.97. The zero-order chi connectivity index (χ0) is 50.1. The highest BCUT2D eigenvalue weighted by molar-refractivity contribution is 5.91. The molecule has 2 bridgehead atoms. The third-order valence-corrected chi connectivity index (χ3v) is 13.7. The molecule has 9 rings (SSSR count). The number of likely N-dealkylation sites (tertiary alicyclic amines) is 2. The van der Waals surface area contributed by atoms with Crippen LogP contribution in [-0.2, 0) is 51.3 Å². The molecule has 4 N–H and O–H groups in total. The first kappa shape index (κ1) is 48.7. The number of piperidine rings is 1. The third kappa shape index (κ3) is 11.2. The number of amides is 4. The highest BCUT2D eigenvalue weighted by Crippen LogP contribution is 2.50. The van der Waals surface area contributed by atoms with Crippen LogP contribution in [0.3, 0.4) is 0 Å². The normalized spacial score (nSPS) is 18.8. The van der Waals surface area contributed by atoms with Gasteiger partial charge in [0.15, 0.2) is 0 Å². The van der Waals surface area contributed by atoms with Crippen LogP contribution in [0.5, 0.6) is 0 Å². The fraction of sp³-hybridized carbons (Fsp3) is 0.333. The minimum absolute atomic E-state index is 0.0389. The molecule has 1 aliphatic carbocycles. The monoisotopic (exact) mass is 976 g/mol. The number of benzene rings is 4. The van der Waals surface area contributed by atoms with Crippen molar-refractivity contribution in [3.8, 4) is 33.6 Å². The van der Waals surface area contributed by atoms with Crippen LogP contribution in [0.15, 0.2) is 122 Å². The summed E-state index contributed by atoms with van der Waals surface area (Å²) in [7, 11) is 2.40. The number of methoxy groups -OCH3 is 2. The van der Waals surface area contributed by atoms with Gasteiger partial charge in [-0.1, -0.05) is 109 Å². The molecule has 6 aromatic rings. The number of aromatic amines is 2. The van der Waals surface area contributed by atoms with Crippen molar-refractivity contribution in [1.82, 2.24) is 40.4 Å².